The van der Waals surface area contributed by atoms with Crippen molar-refractivity contribution < 1.29 is 14.7 Å². The summed E-state index contributed by atoms with van der Waals surface area (Å²) in [6.07, 6.45) is 2.89. The third-order valence-corrected chi connectivity index (χ3v) is 3.99. The maximum atomic E-state index is 10.9. The van der Waals surface area contributed by atoms with E-state index in [1.165, 1.54) is 6.42 Å². The summed E-state index contributed by atoms with van der Waals surface area (Å²) >= 11 is 0. The molecule has 0 radical (unpaired) electrons. The van der Waals surface area contributed by atoms with E-state index >= 15 is 0 Å². The largest absolute Gasteiger partial charge is 0.388 e. The van der Waals surface area contributed by atoms with Crippen molar-refractivity contribution in [1.29, 1.82) is 0 Å². The van der Waals surface area contributed by atoms with E-state index in [2.05, 4.69) is 6.92 Å². The van der Waals surface area contributed by atoms with Gasteiger partial charge in [0.05, 0.1) is 5.60 Å². The second-order valence-electron chi connectivity index (χ2n) is 6.40. The number of hydrogen-bond acceptors (Lipinski definition) is 3. The number of carbonyl (C=O) groups excluding carboxylic acids is 2. The molecule has 5 nitrogen and oxygen atoms in total. The van der Waals surface area contributed by atoms with Crippen LogP contribution in [0.15, 0.2) is 0 Å². The van der Waals surface area contributed by atoms with Crippen LogP contribution in [0.5, 0.6) is 0 Å². The van der Waals surface area contributed by atoms with Crippen molar-refractivity contribution in [3.63, 3.8) is 0 Å². The first kappa shape index (κ1) is 29.7. The Morgan fingerprint density at radius 3 is 1.62 bits per heavy atom. The van der Waals surface area contributed by atoms with Gasteiger partial charge >= 0.3 is 0 Å². The average Bonchev–Trinajstić information content (AvgIpc) is 3.07. The van der Waals surface area contributed by atoms with Gasteiger partial charge in [-0.05, 0) is 32.1 Å². The summed E-state index contributed by atoms with van der Waals surface area (Å²) in [6.45, 7) is 22.4. The second-order valence-corrected chi connectivity index (χ2v) is 6.40. The van der Waals surface area contributed by atoms with Crippen molar-refractivity contribution in [1.82, 2.24) is 9.80 Å². The fraction of sp³-hybridized carbons (Fsp3) is 0.905. The molecule has 0 aliphatic carbocycles. The number of hydrogen-bond donors (Lipinski definition) is 1. The lowest BCUT2D eigenvalue weighted by atomic mass is 9.95. The van der Waals surface area contributed by atoms with Gasteiger partial charge < -0.3 is 14.9 Å². The van der Waals surface area contributed by atoms with Crippen LogP contribution in [0, 0.1) is 5.92 Å². The molecule has 158 valence electrons. The van der Waals surface area contributed by atoms with Gasteiger partial charge in [-0.2, -0.15) is 0 Å². The third-order valence-electron chi connectivity index (χ3n) is 3.99. The topological polar surface area (TPSA) is 60.9 Å². The summed E-state index contributed by atoms with van der Waals surface area (Å²) in [5.41, 5.74) is -0.663. The van der Waals surface area contributed by atoms with Crippen molar-refractivity contribution in [2.45, 2.75) is 94.1 Å². The predicted octanol–water partition coefficient (Wildman–Crippen LogP) is 4.33. The number of rotatable bonds is 0. The quantitative estimate of drug-likeness (QED) is 0.686. The van der Waals surface area contributed by atoms with Crippen LogP contribution >= 0.6 is 0 Å². The average molecular weight is 375 g/mol. The van der Waals surface area contributed by atoms with Crippen molar-refractivity contribution in [2.75, 3.05) is 26.2 Å². The monoisotopic (exact) mass is 374 g/mol. The summed E-state index contributed by atoms with van der Waals surface area (Å²) in [5.74, 6) is 0.998. The predicted molar refractivity (Wildman–Crippen MR) is 112 cm³/mol. The van der Waals surface area contributed by atoms with Gasteiger partial charge in [-0.15, -0.1) is 0 Å². The van der Waals surface area contributed by atoms with Crippen molar-refractivity contribution in [2.24, 2.45) is 5.92 Å². The standard InChI is InChI=1S/C8H15NO2.C7H13NO.3C2H6/c1-7(10)9-5-3-4-8(2,11)6-9;1-6-3-4-8(5-6)7(2)9;3*1-2/h11H,3-6H2,1-2H3;6H,3-5H2,1-2H3;3*1-2H3. The summed E-state index contributed by atoms with van der Waals surface area (Å²) in [4.78, 5) is 25.2. The molecule has 2 amide bonds. The highest BCUT2D eigenvalue weighted by Crippen LogP contribution is 2.19. The Balaban J connectivity index is -0.000000319. The Morgan fingerprint density at radius 2 is 1.38 bits per heavy atom. The Morgan fingerprint density at radius 1 is 0.923 bits per heavy atom. The lowest BCUT2D eigenvalue weighted by molar-refractivity contribution is -0.135. The van der Waals surface area contributed by atoms with Crippen molar-refractivity contribution in [3.05, 3.63) is 0 Å². The van der Waals surface area contributed by atoms with E-state index in [1.807, 2.05) is 46.4 Å². The smallest absolute Gasteiger partial charge is 0.219 e. The minimum Gasteiger partial charge on any atom is -0.388 e. The van der Waals surface area contributed by atoms with Gasteiger partial charge in [0.25, 0.3) is 0 Å². The second kappa shape index (κ2) is 17.3. The van der Waals surface area contributed by atoms with Crippen LogP contribution in [-0.2, 0) is 9.59 Å². The van der Waals surface area contributed by atoms with Crippen LogP contribution in [0.25, 0.3) is 0 Å². The van der Waals surface area contributed by atoms with Gasteiger partial charge in [-0.25, -0.2) is 0 Å². The molecule has 2 atom stereocenters. The molecule has 26 heavy (non-hydrogen) atoms. The maximum Gasteiger partial charge on any atom is 0.219 e. The van der Waals surface area contributed by atoms with Crippen molar-refractivity contribution >= 4 is 11.8 Å². The van der Waals surface area contributed by atoms with Gasteiger partial charge in [-0.3, -0.25) is 9.59 Å². The van der Waals surface area contributed by atoms with Gasteiger partial charge in [0.1, 0.15) is 0 Å². The lowest BCUT2D eigenvalue weighted by Gasteiger charge is -2.36. The zero-order valence-corrected chi connectivity index (χ0v) is 19.2. The number of likely N-dealkylation sites (tertiary alicyclic amines) is 2. The number of piperidine rings is 1. The molecule has 2 rings (SSSR count). The maximum absolute atomic E-state index is 10.9. The van der Waals surface area contributed by atoms with E-state index in [-0.39, 0.29) is 11.8 Å². The highest BCUT2D eigenvalue weighted by molar-refractivity contribution is 5.73. The summed E-state index contributed by atoms with van der Waals surface area (Å²) < 4.78 is 0. The first-order valence-corrected chi connectivity index (χ1v) is 10.4. The normalized spacial score (nSPS) is 23.6. The fourth-order valence-corrected chi connectivity index (χ4v) is 2.71. The molecule has 2 heterocycles. The molecule has 0 spiro atoms. The Bertz CT molecular complexity index is 357. The first-order valence-electron chi connectivity index (χ1n) is 10.4. The van der Waals surface area contributed by atoms with Gasteiger partial charge in [0, 0.05) is 40.0 Å². The zero-order chi connectivity index (χ0) is 21.3. The number of amides is 2. The molecule has 0 aromatic carbocycles. The number of β-amino-alcohol motifs (C(OH)–C–C–N with tert-alkyl or cyclic N) is 1. The summed E-state index contributed by atoms with van der Waals surface area (Å²) in [7, 11) is 0. The molecule has 2 aliphatic heterocycles. The van der Waals surface area contributed by atoms with E-state index in [0.29, 0.717) is 12.5 Å². The minimum atomic E-state index is -0.663. The van der Waals surface area contributed by atoms with E-state index < -0.39 is 5.60 Å². The summed E-state index contributed by atoms with van der Waals surface area (Å²) in [5, 5.41) is 9.60. The Hall–Kier alpha value is -1.10. The van der Waals surface area contributed by atoms with Gasteiger partial charge in [-0.1, -0.05) is 48.5 Å². The molecule has 5 heteroatoms. The molecule has 1 N–H and O–H groups in total. The van der Waals surface area contributed by atoms with Crippen LogP contribution in [0.4, 0.5) is 0 Å². The Labute approximate surface area is 163 Å². The molecule has 2 saturated heterocycles. The molecular weight excluding hydrogens is 328 g/mol. The molecule has 0 saturated carbocycles. The van der Waals surface area contributed by atoms with E-state index in [9.17, 15) is 14.7 Å². The van der Waals surface area contributed by atoms with Crippen LogP contribution in [0.2, 0.25) is 0 Å². The number of carbonyl (C=O) groups is 2. The lowest BCUT2D eigenvalue weighted by Crippen LogP contribution is -2.47. The molecular formula is C21H46N2O3. The van der Waals surface area contributed by atoms with Crippen molar-refractivity contribution in [3.8, 4) is 0 Å². The minimum absolute atomic E-state index is 0.0602. The number of aliphatic hydroxyl groups is 1. The highest BCUT2D eigenvalue weighted by Gasteiger charge is 2.29. The number of nitrogens with zero attached hydrogens (tertiary/aromatic N) is 2. The van der Waals surface area contributed by atoms with Crippen LogP contribution in [0.3, 0.4) is 0 Å². The molecule has 2 unspecified atom stereocenters. The van der Waals surface area contributed by atoms with Gasteiger partial charge in [0.2, 0.25) is 11.8 Å². The molecule has 0 aromatic rings. The Kier molecular flexibility index (Phi) is 19.8. The summed E-state index contributed by atoms with van der Waals surface area (Å²) in [6, 6.07) is 0. The molecule has 0 aromatic heterocycles. The highest BCUT2D eigenvalue weighted by atomic mass is 16.3. The molecule has 0 bridgehead atoms. The fourth-order valence-electron chi connectivity index (χ4n) is 2.71. The molecule has 2 fully saturated rings. The van der Waals surface area contributed by atoms with E-state index in [0.717, 1.165) is 32.5 Å². The van der Waals surface area contributed by atoms with Crippen LogP contribution in [-0.4, -0.2) is 58.5 Å². The zero-order valence-electron chi connectivity index (χ0n) is 19.2. The van der Waals surface area contributed by atoms with E-state index in [4.69, 9.17) is 0 Å². The van der Waals surface area contributed by atoms with Gasteiger partial charge in [0.15, 0.2) is 0 Å². The SMILES string of the molecule is CC.CC.CC.CC(=O)N1CCC(C)C1.CC(=O)N1CCCC(C)(O)C1. The first-order chi connectivity index (χ1) is 12.2. The van der Waals surface area contributed by atoms with Crippen LogP contribution < -0.4 is 0 Å². The van der Waals surface area contributed by atoms with Crippen LogP contribution in [0.1, 0.15) is 88.5 Å². The molecule has 2 aliphatic rings. The third kappa shape index (κ3) is 14.1. The van der Waals surface area contributed by atoms with E-state index in [1.54, 1.807) is 25.7 Å².